The van der Waals surface area contributed by atoms with Crippen molar-refractivity contribution in [2.75, 3.05) is 30.9 Å². The number of carboxylic acids is 1. The molecule has 1 aliphatic rings. The molecule has 1 fully saturated rings. The number of hydrogen-bond acceptors (Lipinski definition) is 8. The zero-order chi connectivity index (χ0) is 32.6. The van der Waals surface area contributed by atoms with Gasteiger partial charge in [-0.25, -0.2) is 13.6 Å². The van der Waals surface area contributed by atoms with Crippen LogP contribution in [-0.2, 0) is 24.7 Å². The Balaban J connectivity index is 1.41. The molecule has 3 aromatic rings. The number of ether oxygens (including phenoxy) is 1. The first-order valence-corrected chi connectivity index (χ1v) is 16.1. The molecule has 1 saturated heterocycles. The van der Waals surface area contributed by atoms with E-state index in [1.807, 2.05) is 0 Å². The van der Waals surface area contributed by atoms with Crippen LogP contribution in [0.4, 0.5) is 8.78 Å². The van der Waals surface area contributed by atoms with E-state index in [0.717, 1.165) is 0 Å². The minimum absolute atomic E-state index is 0.134. The number of carboxylic acid groups (broad SMARTS) is 1. The molecule has 4 atom stereocenters. The van der Waals surface area contributed by atoms with Crippen LogP contribution in [0.15, 0.2) is 72.8 Å². The number of hydrogen-bond donors (Lipinski definition) is 5. The Bertz CT molecular complexity index is 1510. The molecule has 0 aromatic heterocycles. The molecule has 0 spiro atoms. The van der Waals surface area contributed by atoms with Crippen LogP contribution in [0.25, 0.3) is 0 Å². The zero-order valence-electron chi connectivity index (χ0n) is 24.0. The van der Waals surface area contributed by atoms with E-state index >= 15 is 0 Å². The lowest BCUT2D eigenvalue weighted by Crippen LogP contribution is -2.69. The molecule has 4 rings (SSSR count). The number of carbonyl (C=O) groups excluding carboxylic acids is 3. The number of aliphatic carboxylic acids is 1. The predicted octanol–water partition coefficient (Wildman–Crippen LogP) is 2.60. The van der Waals surface area contributed by atoms with E-state index in [0.29, 0.717) is 22.4 Å². The van der Waals surface area contributed by atoms with Gasteiger partial charge in [-0.2, -0.15) is 11.8 Å². The lowest BCUT2D eigenvalue weighted by molar-refractivity contribution is -0.141. The van der Waals surface area contributed by atoms with E-state index in [4.69, 9.17) is 9.84 Å². The summed E-state index contributed by atoms with van der Waals surface area (Å²) < 4.78 is 32.7. The molecule has 5 N–H and O–H groups in total. The molecular formula is C31H31F2N3O7S2. The van der Waals surface area contributed by atoms with Gasteiger partial charge in [-0.3, -0.25) is 14.4 Å². The third kappa shape index (κ3) is 8.32. The highest BCUT2D eigenvalue weighted by atomic mass is 32.2. The largest absolute Gasteiger partial charge is 0.484 e. The summed E-state index contributed by atoms with van der Waals surface area (Å²) in [5.41, 5.74) is 0.702. The molecule has 10 nitrogen and oxygen atoms in total. The van der Waals surface area contributed by atoms with Gasteiger partial charge in [-0.15, -0.1) is 11.8 Å². The van der Waals surface area contributed by atoms with Gasteiger partial charge in [-0.05, 0) is 59.3 Å². The van der Waals surface area contributed by atoms with Crippen molar-refractivity contribution in [3.63, 3.8) is 0 Å². The summed E-state index contributed by atoms with van der Waals surface area (Å²) in [5.74, 6) is -2.95. The minimum Gasteiger partial charge on any atom is -0.484 e. The molecule has 3 amide bonds. The Hall–Kier alpha value is -4.14. The fourth-order valence-electron chi connectivity index (χ4n) is 4.72. The summed E-state index contributed by atoms with van der Waals surface area (Å²) in [4.78, 5) is 48.3. The fourth-order valence-corrected chi connectivity index (χ4v) is 6.64. The van der Waals surface area contributed by atoms with Gasteiger partial charge >= 0.3 is 5.97 Å². The maximum atomic E-state index is 13.8. The second-order valence-electron chi connectivity index (χ2n) is 10.1. The van der Waals surface area contributed by atoms with Gasteiger partial charge in [0.15, 0.2) is 6.61 Å². The molecule has 1 unspecified atom stereocenters. The summed E-state index contributed by atoms with van der Waals surface area (Å²) in [6.07, 6.45) is 0.746. The van der Waals surface area contributed by atoms with E-state index in [1.165, 1.54) is 59.9 Å². The van der Waals surface area contributed by atoms with Crippen molar-refractivity contribution in [1.82, 2.24) is 16.0 Å². The smallest absolute Gasteiger partial charge is 0.327 e. The average Bonchev–Trinajstić information content (AvgIpc) is 3.02. The number of aliphatic hydroxyl groups excluding tert-OH is 1. The number of aliphatic hydroxyl groups is 1. The predicted molar refractivity (Wildman–Crippen MR) is 166 cm³/mol. The van der Waals surface area contributed by atoms with E-state index in [1.54, 1.807) is 42.7 Å². The van der Waals surface area contributed by atoms with Gasteiger partial charge < -0.3 is 30.9 Å². The van der Waals surface area contributed by atoms with Crippen molar-refractivity contribution in [1.29, 1.82) is 0 Å². The van der Waals surface area contributed by atoms with Crippen molar-refractivity contribution >= 4 is 47.2 Å². The van der Waals surface area contributed by atoms with Gasteiger partial charge in [-0.1, -0.05) is 36.4 Å². The number of nitrogens with one attached hydrogen (secondary N) is 3. The molecule has 45 heavy (non-hydrogen) atoms. The third-order valence-corrected chi connectivity index (χ3v) is 9.10. The summed E-state index contributed by atoms with van der Waals surface area (Å²) >= 11 is 2.47. The molecule has 3 aromatic carbocycles. The Morgan fingerprint density at radius 2 is 1.51 bits per heavy atom. The van der Waals surface area contributed by atoms with Crippen LogP contribution >= 0.6 is 23.5 Å². The summed E-state index contributed by atoms with van der Waals surface area (Å²) in [6.45, 7) is -0.840. The second kappa shape index (κ2) is 15.2. The van der Waals surface area contributed by atoms with Crippen LogP contribution in [0.3, 0.4) is 0 Å². The number of β-lactam (4-membered cyclic amide) rings is 1. The summed E-state index contributed by atoms with van der Waals surface area (Å²) in [6, 6.07) is 16.7. The van der Waals surface area contributed by atoms with Crippen molar-refractivity contribution in [2.24, 2.45) is 0 Å². The normalized spacial score (nSPS) is 18.6. The van der Waals surface area contributed by atoms with Crippen LogP contribution in [0.1, 0.15) is 22.8 Å². The van der Waals surface area contributed by atoms with E-state index in [-0.39, 0.29) is 17.4 Å². The molecule has 14 heteroatoms. The van der Waals surface area contributed by atoms with E-state index in [2.05, 4.69) is 16.0 Å². The van der Waals surface area contributed by atoms with Crippen molar-refractivity contribution in [2.45, 2.75) is 22.9 Å². The maximum Gasteiger partial charge on any atom is 0.327 e. The first kappa shape index (κ1) is 33.7. The number of halogens is 2. The molecule has 0 saturated carbocycles. The van der Waals surface area contributed by atoms with E-state index in [9.17, 15) is 33.1 Å². The highest BCUT2D eigenvalue weighted by Crippen LogP contribution is 2.46. The SMILES string of the molecule is CSC[C@H](NC(=O)CNC(=O)COc1ccc([C@]2(c3ccc(F)cc3)NC(=O)[C@@H]2SCC(O)c2ccc(F)cc2)cc1)C(=O)O. The molecular weight excluding hydrogens is 628 g/mol. The minimum atomic E-state index is -1.18. The number of carbonyl (C=O) groups is 4. The maximum absolute atomic E-state index is 13.8. The quantitative estimate of drug-likeness (QED) is 0.155. The number of amides is 3. The van der Waals surface area contributed by atoms with Crippen LogP contribution < -0.4 is 20.7 Å². The number of thioether (sulfide) groups is 2. The Labute approximate surface area is 266 Å². The first-order chi connectivity index (χ1) is 21.5. The van der Waals surface area contributed by atoms with Crippen molar-refractivity contribution in [3.8, 4) is 5.75 Å². The van der Waals surface area contributed by atoms with Crippen molar-refractivity contribution in [3.05, 3.63) is 101 Å². The molecule has 238 valence electrons. The Morgan fingerprint density at radius 3 is 2.07 bits per heavy atom. The molecule has 1 heterocycles. The highest BCUT2D eigenvalue weighted by molar-refractivity contribution is 8.00. The topological polar surface area (TPSA) is 154 Å². The van der Waals surface area contributed by atoms with Gasteiger partial charge in [0, 0.05) is 11.5 Å². The number of rotatable bonds is 15. The standard InChI is InChI=1S/C31H31F2N3O7S2/c1-44-16-24(30(41)42)35-26(38)14-34-27(39)15-43-23-12-6-20(7-13-23)31(19-4-10-22(33)11-5-19)28(29(40)36-31)45-17-25(37)18-2-8-21(32)9-3-18/h2-13,24-25,28,37H,14-17H2,1H3,(H,34,39)(H,35,38)(H,36,40)(H,41,42)/t24-,25?,28-,31-/m0/s1. The van der Waals surface area contributed by atoms with Gasteiger partial charge in [0.25, 0.3) is 5.91 Å². The molecule has 0 radical (unpaired) electrons. The van der Waals surface area contributed by atoms with Crippen LogP contribution in [0.5, 0.6) is 5.75 Å². The second-order valence-corrected chi connectivity index (χ2v) is 12.1. The van der Waals surface area contributed by atoms with Gasteiger partial charge in [0.1, 0.15) is 34.2 Å². The van der Waals surface area contributed by atoms with E-state index < -0.39 is 65.5 Å². The zero-order valence-corrected chi connectivity index (χ0v) is 25.6. The summed E-state index contributed by atoms with van der Waals surface area (Å²) in [7, 11) is 0. The Kier molecular flexibility index (Phi) is 11.4. The number of benzene rings is 3. The van der Waals surface area contributed by atoms with Crippen LogP contribution in [-0.4, -0.2) is 76.1 Å². The average molecular weight is 660 g/mol. The van der Waals surface area contributed by atoms with Gasteiger partial charge in [0.05, 0.1) is 12.6 Å². The monoisotopic (exact) mass is 659 g/mol. The fraction of sp³-hybridized carbons (Fsp3) is 0.290. The highest BCUT2D eigenvalue weighted by Gasteiger charge is 2.56. The summed E-state index contributed by atoms with van der Waals surface area (Å²) in [5, 5.41) is 26.8. The molecule has 0 aliphatic carbocycles. The van der Waals surface area contributed by atoms with Crippen LogP contribution in [0, 0.1) is 11.6 Å². The van der Waals surface area contributed by atoms with Crippen molar-refractivity contribution < 1.29 is 42.9 Å². The molecule has 0 bridgehead atoms. The Morgan fingerprint density at radius 1 is 0.933 bits per heavy atom. The molecule has 1 aliphatic heterocycles. The first-order valence-electron chi connectivity index (χ1n) is 13.7. The lowest BCUT2D eigenvalue weighted by Gasteiger charge is -2.50. The lowest BCUT2D eigenvalue weighted by atomic mass is 9.74. The van der Waals surface area contributed by atoms with Gasteiger partial charge in [0.2, 0.25) is 11.8 Å². The van der Waals surface area contributed by atoms with Crippen LogP contribution in [0.2, 0.25) is 0 Å². The third-order valence-electron chi connectivity index (χ3n) is 7.02.